The van der Waals surface area contributed by atoms with E-state index in [1.165, 1.54) is 5.19 Å². The van der Waals surface area contributed by atoms with Gasteiger partial charge in [-0.1, -0.05) is 49.6 Å². The van der Waals surface area contributed by atoms with Crippen molar-refractivity contribution in [2.75, 3.05) is 0 Å². The summed E-state index contributed by atoms with van der Waals surface area (Å²) in [6, 6.07) is 6.55. The van der Waals surface area contributed by atoms with Crippen LogP contribution in [0.15, 0.2) is 24.8 Å². The van der Waals surface area contributed by atoms with Gasteiger partial charge in [-0.15, -0.1) is 0 Å². The second-order valence-corrected chi connectivity index (χ2v) is 12.3. The molecule has 0 N–H and O–H groups in total. The molecule has 1 radical (unpaired) electrons. The number of hydrogen-bond donors (Lipinski definition) is 0. The SMILES string of the molecule is C=Cc1ccc([Si](C)(C)C)cc1O[Si](C)C. The second kappa shape index (κ2) is 5.02. The van der Waals surface area contributed by atoms with Crippen LogP contribution in [0.4, 0.5) is 0 Å². The topological polar surface area (TPSA) is 9.23 Å². The molecular weight excluding hydrogens is 228 g/mol. The monoisotopic (exact) mass is 249 g/mol. The Morgan fingerprint density at radius 2 is 1.88 bits per heavy atom. The van der Waals surface area contributed by atoms with Crippen molar-refractivity contribution in [2.45, 2.75) is 32.7 Å². The first-order valence-electron chi connectivity index (χ1n) is 5.59. The normalized spacial score (nSPS) is 11.6. The molecule has 0 aliphatic heterocycles. The van der Waals surface area contributed by atoms with Crippen molar-refractivity contribution in [1.29, 1.82) is 0 Å². The molecule has 1 aromatic carbocycles. The summed E-state index contributed by atoms with van der Waals surface area (Å²) in [6.07, 6.45) is 1.87. The van der Waals surface area contributed by atoms with Gasteiger partial charge in [0.1, 0.15) is 5.75 Å². The highest BCUT2D eigenvalue weighted by Gasteiger charge is 2.18. The zero-order chi connectivity index (χ0) is 12.3. The van der Waals surface area contributed by atoms with Crippen LogP contribution in [0.5, 0.6) is 5.75 Å². The van der Waals surface area contributed by atoms with Crippen LogP contribution in [0.2, 0.25) is 32.7 Å². The second-order valence-electron chi connectivity index (χ2n) is 5.22. The van der Waals surface area contributed by atoms with Crippen molar-refractivity contribution < 1.29 is 4.43 Å². The maximum atomic E-state index is 5.92. The van der Waals surface area contributed by atoms with Crippen LogP contribution in [0.3, 0.4) is 0 Å². The highest BCUT2D eigenvalue weighted by atomic mass is 28.3. The molecule has 0 aliphatic rings. The fraction of sp³-hybridized carbons (Fsp3) is 0.385. The minimum Gasteiger partial charge on any atom is -0.542 e. The van der Waals surface area contributed by atoms with E-state index in [0.717, 1.165) is 11.3 Å². The predicted molar refractivity (Wildman–Crippen MR) is 77.6 cm³/mol. The summed E-state index contributed by atoms with van der Waals surface area (Å²) in [6.45, 7) is 15.2. The molecule has 0 amide bonds. The van der Waals surface area contributed by atoms with Gasteiger partial charge >= 0.3 is 0 Å². The summed E-state index contributed by atoms with van der Waals surface area (Å²) in [4.78, 5) is 0. The molecule has 0 unspecified atom stereocenters. The van der Waals surface area contributed by atoms with Gasteiger partial charge in [-0.25, -0.2) is 0 Å². The van der Waals surface area contributed by atoms with E-state index in [1.807, 2.05) is 6.08 Å². The predicted octanol–water partition coefficient (Wildman–Crippen LogP) is 3.50. The Hall–Kier alpha value is -0.806. The lowest BCUT2D eigenvalue weighted by Gasteiger charge is -2.20. The van der Waals surface area contributed by atoms with Crippen molar-refractivity contribution >= 4 is 28.4 Å². The fourth-order valence-electron chi connectivity index (χ4n) is 1.48. The van der Waals surface area contributed by atoms with Gasteiger partial charge in [0.15, 0.2) is 0 Å². The molecule has 1 nitrogen and oxygen atoms in total. The molecule has 16 heavy (non-hydrogen) atoms. The van der Waals surface area contributed by atoms with Crippen LogP contribution in [0, 0.1) is 0 Å². The molecule has 1 rings (SSSR count). The molecule has 0 aliphatic carbocycles. The van der Waals surface area contributed by atoms with Gasteiger partial charge in [0.05, 0.1) is 8.07 Å². The Bertz CT molecular complexity index is 378. The van der Waals surface area contributed by atoms with Gasteiger partial charge in [-0.2, -0.15) is 0 Å². The zero-order valence-electron chi connectivity index (χ0n) is 10.9. The first-order chi connectivity index (χ1) is 7.34. The van der Waals surface area contributed by atoms with E-state index in [4.69, 9.17) is 4.43 Å². The molecule has 0 saturated heterocycles. The smallest absolute Gasteiger partial charge is 0.274 e. The third-order valence-electron chi connectivity index (χ3n) is 2.41. The Morgan fingerprint density at radius 3 is 2.31 bits per heavy atom. The summed E-state index contributed by atoms with van der Waals surface area (Å²) in [5, 5.41) is 1.44. The highest BCUT2D eigenvalue weighted by molar-refractivity contribution is 6.88. The molecule has 1 aromatic rings. The van der Waals surface area contributed by atoms with Crippen LogP contribution >= 0.6 is 0 Å². The molecule has 0 saturated carbocycles. The van der Waals surface area contributed by atoms with Gasteiger partial charge < -0.3 is 4.43 Å². The van der Waals surface area contributed by atoms with Gasteiger partial charge in [0, 0.05) is 5.56 Å². The molecule has 0 bridgehead atoms. The zero-order valence-corrected chi connectivity index (χ0v) is 12.9. The Labute approximate surface area is 102 Å². The lowest BCUT2D eigenvalue weighted by atomic mass is 10.2. The van der Waals surface area contributed by atoms with E-state index >= 15 is 0 Å². The van der Waals surface area contributed by atoms with Crippen LogP contribution in [0.1, 0.15) is 5.56 Å². The van der Waals surface area contributed by atoms with E-state index in [2.05, 4.69) is 57.5 Å². The summed E-state index contributed by atoms with van der Waals surface area (Å²) in [5.74, 6) is 1.01. The lowest BCUT2D eigenvalue weighted by molar-refractivity contribution is 0.580. The van der Waals surface area contributed by atoms with E-state index in [1.54, 1.807) is 0 Å². The van der Waals surface area contributed by atoms with Crippen LogP contribution in [-0.4, -0.2) is 17.1 Å². The Balaban J connectivity index is 3.16. The lowest BCUT2D eigenvalue weighted by Crippen LogP contribution is -2.37. The van der Waals surface area contributed by atoms with Gasteiger partial charge in [-0.05, 0) is 19.2 Å². The largest absolute Gasteiger partial charge is 0.542 e. The third kappa shape index (κ3) is 3.35. The summed E-state index contributed by atoms with van der Waals surface area (Å²) >= 11 is 0. The highest BCUT2D eigenvalue weighted by Crippen LogP contribution is 2.20. The molecule has 0 atom stereocenters. The summed E-state index contributed by atoms with van der Waals surface area (Å²) in [7, 11) is -1.97. The third-order valence-corrected chi connectivity index (χ3v) is 5.08. The summed E-state index contributed by atoms with van der Waals surface area (Å²) in [5.41, 5.74) is 1.10. The van der Waals surface area contributed by atoms with Gasteiger partial charge in [0.25, 0.3) is 9.04 Å². The van der Waals surface area contributed by atoms with Gasteiger partial charge in [0.2, 0.25) is 0 Å². The first kappa shape index (κ1) is 13.3. The van der Waals surface area contributed by atoms with Crippen molar-refractivity contribution in [3.63, 3.8) is 0 Å². The first-order valence-corrected chi connectivity index (χ1v) is 11.5. The molecule has 0 fully saturated rings. The van der Waals surface area contributed by atoms with E-state index in [9.17, 15) is 0 Å². The van der Waals surface area contributed by atoms with Crippen LogP contribution in [0.25, 0.3) is 6.08 Å². The van der Waals surface area contributed by atoms with Crippen molar-refractivity contribution in [3.05, 3.63) is 30.3 Å². The maximum Gasteiger partial charge on any atom is 0.274 e. The summed E-state index contributed by atoms with van der Waals surface area (Å²) < 4.78 is 5.92. The fourth-order valence-corrected chi connectivity index (χ4v) is 3.24. The standard InChI is InChI=1S/C13H21OSi2/c1-7-11-8-9-12(16(4,5)6)10-13(11)14-15(2)3/h7-10H,1H2,2-6H3. The van der Waals surface area contributed by atoms with E-state index in [-0.39, 0.29) is 0 Å². The van der Waals surface area contributed by atoms with Gasteiger partial charge in [-0.3, -0.25) is 0 Å². The molecule has 0 spiro atoms. The molecule has 3 heteroatoms. The van der Waals surface area contributed by atoms with Crippen molar-refractivity contribution in [3.8, 4) is 5.75 Å². The minimum absolute atomic E-state index is 0.713. The maximum absolute atomic E-state index is 5.92. The average molecular weight is 249 g/mol. The van der Waals surface area contributed by atoms with Crippen LogP contribution < -0.4 is 9.61 Å². The number of rotatable bonds is 4. The minimum atomic E-state index is -1.25. The molecule has 87 valence electrons. The Morgan fingerprint density at radius 1 is 1.25 bits per heavy atom. The average Bonchev–Trinajstić information content (AvgIpc) is 2.15. The number of hydrogen-bond acceptors (Lipinski definition) is 1. The van der Waals surface area contributed by atoms with Crippen molar-refractivity contribution in [2.24, 2.45) is 0 Å². The molecule has 0 aromatic heterocycles. The molecular formula is C13H21OSi2. The number of benzene rings is 1. The van der Waals surface area contributed by atoms with E-state index in [0.29, 0.717) is 0 Å². The van der Waals surface area contributed by atoms with E-state index < -0.39 is 17.1 Å². The quantitative estimate of drug-likeness (QED) is 0.742. The molecule has 0 heterocycles. The Kier molecular flexibility index (Phi) is 4.16. The van der Waals surface area contributed by atoms with Crippen LogP contribution in [-0.2, 0) is 0 Å². The van der Waals surface area contributed by atoms with Crippen molar-refractivity contribution in [1.82, 2.24) is 0 Å².